The van der Waals surface area contributed by atoms with Gasteiger partial charge in [0.25, 0.3) is 11.8 Å². The molecule has 6 rings (SSSR count). The minimum absolute atomic E-state index is 0.194. The lowest BCUT2D eigenvalue weighted by Gasteiger charge is -2.26. The number of fused-ring (bicyclic) bond motifs is 1. The van der Waals surface area contributed by atoms with E-state index in [0.717, 1.165) is 33.4 Å². The van der Waals surface area contributed by atoms with Crippen LogP contribution in [0, 0.1) is 13.8 Å². The number of nitrogens with zero attached hydrogens (tertiary/aromatic N) is 2. The predicted molar refractivity (Wildman–Crippen MR) is 163 cm³/mol. The van der Waals surface area contributed by atoms with Crippen molar-refractivity contribution in [3.63, 3.8) is 0 Å². The summed E-state index contributed by atoms with van der Waals surface area (Å²) in [5.74, 6) is 1.04. The fourth-order valence-electron chi connectivity index (χ4n) is 5.63. The molecule has 6 nitrogen and oxygen atoms in total. The Balaban J connectivity index is 1.55. The van der Waals surface area contributed by atoms with Crippen LogP contribution in [0.15, 0.2) is 108 Å². The van der Waals surface area contributed by atoms with Gasteiger partial charge in [-0.2, -0.15) is 0 Å². The van der Waals surface area contributed by atoms with Crippen LogP contribution in [0.5, 0.6) is 11.5 Å². The second-order valence-corrected chi connectivity index (χ2v) is 10.7. The van der Waals surface area contributed by atoms with E-state index in [2.05, 4.69) is 0 Å². The van der Waals surface area contributed by atoms with Crippen molar-refractivity contribution < 1.29 is 19.1 Å². The SMILES string of the molecule is COc1cccc(CN2C(=O)C3=C(c4ccc(C)cc4)N(Cc4cccc(OC)c4)C(=O)C3=C2c2ccc(C)cc2)c1. The zero-order valence-corrected chi connectivity index (χ0v) is 24.2. The summed E-state index contributed by atoms with van der Waals surface area (Å²) in [6.45, 7) is 4.65. The van der Waals surface area contributed by atoms with Crippen molar-refractivity contribution in [1.29, 1.82) is 0 Å². The van der Waals surface area contributed by atoms with Crippen LogP contribution in [0.3, 0.4) is 0 Å². The van der Waals surface area contributed by atoms with E-state index in [1.54, 1.807) is 24.0 Å². The molecule has 0 spiro atoms. The van der Waals surface area contributed by atoms with Crippen molar-refractivity contribution in [2.45, 2.75) is 26.9 Å². The average Bonchev–Trinajstić information content (AvgIpc) is 3.44. The second-order valence-electron chi connectivity index (χ2n) is 10.7. The first-order valence-corrected chi connectivity index (χ1v) is 13.9. The van der Waals surface area contributed by atoms with Crippen molar-refractivity contribution in [2.24, 2.45) is 0 Å². The molecule has 0 fully saturated rings. The maximum Gasteiger partial charge on any atom is 0.261 e. The van der Waals surface area contributed by atoms with Crippen LogP contribution >= 0.6 is 0 Å². The molecule has 0 N–H and O–H groups in total. The standard InChI is InChI=1S/C36H32N2O4/c1-23-11-15-27(16-12-23)33-31-32(36(40)37(33)21-25-7-5-9-29(19-25)41-3)34(28-17-13-24(2)14-18-28)38(35(31)39)22-26-8-6-10-30(20-26)42-4/h5-20H,21-22H2,1-4H3. The van der Waals surface area contributed by atoms with Crippen molar-refractivity contribution in [1.82, 2.24) is 9.80 Å². The lowest BCUT2D eigenvalue weighted by Crippen LogP contribution is -2.29. The number of hydrogen-bond acceptors (Lipinski definition) is 4. The molecule has 2 aliphatic heterocycles. The van der Waals surface area contributed by atoms with E-state index >= 15 is 0 Å². The first kappa shape index (κ1) is 27.1. The molecule has 210 valence electrons. The summed E-state index contributed by atoms with van der Waals surface area (Å²) < 4.78 is 10.9. The Bertz CT molecular complexity index is 1620. The summed E-state index contributed by atoms with van der Waals surface area (Å²) in [6, 6.07) is 31.3. The molecule has 0 unspecified atom stereocenters. The van der Waals surface area contributed by atoms with E-state index in [1.165, 1.54) is 0 Å². The third kappa shape index (κ3) is 4.85. The van der Waals surface area contributed by atoms with Crippen LogP contribution < -0.4 is 9.47 Å². The molecule has 0 bridgehead atoms. The normalized spacial score (nSPS) is 14.7. The monoisotopic (exact) mass is 556 g/mol. The third-order valence-electron chi connectivity index (χ3n) is 7.78. The van der Waals surface area contributed by atoms with E-state index in [4.69, 9.17) is 9.47 Å². The van der Waals surface area contributed by atoms with Gasteiger partial charge in [0.05, 0.1) is 49.8 Å². The summed E-state index contributed by atoms with van der Waals surface area (Å²) in [5.41, 5.74) is 7.78. The van der Waals surface area contributed by atoms with Crippen LogP contribution in [0.1, 0.15) is 33.4 Å². The average molecular weight is 557 g/mol. The molecule has 0 saturated heterocycles. The van der Waals surface area contributed by atoms with Gasteiger partial charge in [0.15, 0.2) is 0 Å². The number of benzene rings is 4. The molecule has 0 saturated carbocycles. The zero-order chi connectivity index (χ0) is 29.4. The minimum atomic E-state index is -0.194. The Morgan fingerprint density at radius 3 is 1.29 bits per heavy atom. The topological polar surface area (TPSA) is 59.1 Å². The van der Waals surface area contributed by atoms with E-state index < -0.39 is 0 Å². The number of hydrogen-bond donors (Lipinski definition) is 0. The fraction of sp³-hybridized carbons (Fsp3) is 0.167. The summed E-state index contributed by atoms with van der Waals surface area (Å²) >= 11 is 0. The molecule has 4 aromatic rings. The van der Waals surface area contributed by atoms with Gasteiger partial charge in [-0.25, -0.2) is 0 Å². The first-order chi connectivity index (χ1) is 20.4. The summed E-state index contributed by atoms with van der Waals surface area (Å²) in [7, 11) is 3.25. The first-order valence-electron chi connectivity index (χ1n) is 13.9. The van der Waals surface area contributed by atoms with Gasteiger partial charge >= 0.3 is 0 Å². The maximum atomic E-state index is 14.5. The molecule has 4 aromatic carbocycles. The largest absolute Gasteiger partial charge is 0.497 e. The highest BCUT2D eigenvalue weighted by Crippen LogP contribution is 2.47. The van der Waals surface area contributed by atoms with Gasteiger partial charge in [-0.3, -0.25) is 9.59 Å². The smallest absolute Gasteiger partial charge is 0.261 e. The number of amides is 2. The van der Waals surface area contributed by atoms with Gasteiger partial charge < -0.3 is 19.3 Å². The van der Waals surface area contributed by atoms with E-state index in [0.29, 0.717) is 47.1 Å². The zero-order valence-electron chi connectivity index (χ0n) is 24.2. The number of carbonyl (C=O) groups excluding carboxylic acids is 2. The number of ether oxygens (including phenoxy) is 2. The lowest BCUT2D eigenvalue weighted by molar-refractivity contribution is -0.124. The molecule has 6 heteroatoms. The lowest BCUT2D eigenvalue weighted by atomic mass is 10.0. The molecule has 2 heterocycles. The predicted octanol–water partition coefficient (Wildman–Crippen LogP) is 6.53. The highest BCUT2D eigenvalue weighted by molar-refractivity contribution is 6.30. The Morgan fingerprint density at radius 1 is 0.548 bits per heavy atom. The molecule has 0 radical (unpaired) electrons. The van der Waals surface area contributed by atoms with Gasteiger partial charge in [-0.15, -0.1) is 0 Å². The van der Waals surface area contributed by atoms with Crippen LogP contribution in [0.25, 0.3) is 11.4 Å². The van der Waals surface area contributed by atoms with Gasteiger partial charge in [-0.05, 0) is 60.4 Å². The number of aryl methyl sites for hydroxylation is 2. The molecule has 0 aromatic heterocycles. The van der Waals surface area contributed by atoms with Crippen LogP contribution in [0.4, 0.5) is 0 Å². The number of rotatable bonds is 8. The summed E-state index contributed by atoms with van der Waals surface area (Å²) in [4.78, 5) is 32.4. The fourth-order valence-corrected chi connectivity index (χ4v) is 5.63. The minimum Gasteiger partial charge on any atom is -0.497 e. The Kier molecular flexibility index (Phi) is 7.13. The Morgan fingerprint density at radius 2 is 0.929 bits per heavy atom. The van der Waals surface area contributed by atoms with Crippen molar-refractivity contribution in [3.05, 3.63) is 142 Å². The van der Waals surface area contributed by atoms with Crippen LogP contribution in [0.2, 0.25) is 0 Å². The summed E-state index contributed by atoms with van der Waals surface area (Å²) in [6.07, 6.45) is 0. The van der Waals surface area contributed by atoms with Crippen molar-refractivity contribution in [3.8, 4) is 11.5 Å². The van der Waals surface area contributed by atoms with Crippen molar-refractivity contribution in [2.75, 3.05) is 14.2 Å². The highest BCUT2D eigenvalue weighted by Gasteiger charge is 2.48. The van der Waals surface area contributed by atoms with Crippen LogP contribution in [-0.2, 0) is 22.7 Å². The molecule has 2 amide bonds. The second kappa shape index (κ2) is 11.1. The van der Waals surface area contributed by atoms with Crippen LogP contribution in [-0.4, -0.2) is 35.8 Å². The highest BCUT2D eigenvalue weighted by atomic mass is 16.5. The number of carbonyl (C=O) groups is 2. The molecule has 42 heavy (non-hydrogen) atoms. The van der Waals surface area contributed by atoms with E-state index in [-0.39, 0.29) is 11.8 Å². The molecule has 2 aliphatic rings. The molecular formula is C36H32N2O4. The Hall–Kier alpha value is -5.10. The van der Waals surface area contributed by atoms with Gasteiger partial charge in [0.1, 0.15) is 11.5 Å². The summed E-state index contributed by atoms with van der Waals surface area (Å²) in [5, 5.41) is 0. The van der Waals surface area contributed by atoms with E-state index in [9.17, 15) is 9.59 Å². The quantitative estimate of drug-likeness (QED) is 0.248. The number of methoxy groups -OCH3 is 2. The van der Waals surface area contributed by atoms with Gasteiger partial charge in [-0.1, -0.05) is 83.9 Å². The van der Waals surface area contributed by atoms with Gasteiger partial charge in [0.2, 0.25) is 0 Å². The Labute approximate surface area is 246 Å². The molecule has 0 aliphatic carbocycles. The van der Waals surface area contributed by atoms with Crippen molar-refractivity contribution >= 4 is 23.2 Å². The molecule has 0 atom stereocenters. The maximum absolute atomic E-state index is 14.5. The van der Waals surface area contributed by atoms with Gasteiger partial charge in [0, 0.05) is 0 Å². The molecular weight excluding hydrogens is 524 g/mol. The van der Waals surface area contributed by atoms with E-state index in [1.807, 2.05) is 111 Å². The third-order valence-corrected chi connectivity index (χ3v) is 7.78.